The van der Waals surface area contributed by atoms with E-state index in [0.29, 0.717) is 17.7 Å². The molecule has 0 aliphatic rings. The number of fused-ring (bicyclic) bond motifs is 1. The summed E-state index contributed by atoms with van der Waals surface area (Å²) >= 11 is 3.43. The highest BCUT2D eigenvalue weighted by Gasteiger charge is 2.15. The summed E-state index contributed by atoms with van der Waals surface area (Å²) in [6, 6.07) is 23.2. The number of carbonyl (C=O) groups excluding carboxylic acids is 1. The van der Waals surface area contributed by atoms with Gasteiger partial charge in [-0.15, -0.1) is 0 Å². The third kappa shape index (κ3) is 4.37. The van der Waals surface area contributed by atoms with Gasteiger partial charge in [-0.1, -0.05) is 46.3 Å². The van der Waals surface area contributed by atoms with Crippen LogP contribution in [0.4, 0.5) is 0 Å². The van der Waals surface area contributed by atoms with Crippen molar-refractivity contribution in [2.24, 2.45) is 0 Å². The van der Waals surface area contributed by atoms with Crippen molar-refractivity contribution >= 4 is 32.7 Å². The molecule has 0 saturated carbocycles. The molecule has 1 amide bonds. The number of hydrogen-bond acceptors (Lipinski definition) is 3. The molecule has 1 heterocycles. The van der Waals surface area contributed by atoms with Crippen LogP contribution in [0.3, 0.4) is 0 Å². The standard InChI is InChI=1S/C25H21BrN4O/c1-16(18-7-10-22(26)11-8-18)28-25(31)19-9-12-24-23(13-19)17(2)29-30(24)15-21-6-4-3-5-20(21)14-27/h3-13,16H,15H2,1-2H3,(H,28,31). The lowest BCUT2D eigenvalue weighted by molar-refractivity contribution is 0.0940. The number of aryl methyl sites for hydroxylation is 1. The summed E-state index contributed by atoms with van der Waals surface area (Å²) in [6.45, 7) is 4.40. The Hall–Kier alpha value is -3.43. The van der Waals surface area contributed by atoms with Crippen LogP contribution in [0.15, 0.2) is 71.2 Å². The second-order valence-electron chi connectivity index (χ2n) is 7.49. The van der Waals surface area contributed by atoms with E-state index in [1.807, 2.05) is 85.3 Å². The largest absolute Gasteiger partial charge is 0.346 e. The average molecular weight is 473 g/mol. The molecule has 0 spiro atoms. The second kappa shape index (κ2) is 8.75. The minimum Gasteiger partial charge on any atom is -0.346 e. The van der Waals surface area contributed by atoms with Crippen molar-refractivity contribution in [3.8, 4) is 6.07 Å². The second-order valence-corrected chi connectivity index (χ2v) is 8.41. The molecule has 1 atom stereocenters. The van der Waals surface area contributed by atoms with Gasteiger partial charge >= 0.3 is 0 Å². The van der Waals surface area contributed by atoms with E-state index in [1.165, 1.54) is 0 Å². The molecule has 0 radical (unpaired) electrons. The molecule has 154 valence electrons. The molecule has 1 N–H and O–H groups in total. The van der Waals surface area contributed by atoms with Crippen molar-refractivity contribution in [2.75, 3.05) is 0 Å². The summed E-state index contributed by atoms with van der Waals surface area (Å²) in [5.74, 6) is -0.126. The highest BCUT2D eigenvalue weighted by Crippen LogP contribution is 2.23. The predicted molar refractivity (Wildman–Crippen MR) is 125 cm³/mol. The van der Waals surface area contributed by atoms with Crippen LogP contribution >= 0.6 is 15.9 Å². The Morgan fingerprint density at radius 1 is 1.16 bits per heavy atom. The Kier molecular flexibility index (Phi) is 5.88. The van der Waals surface area contributed by atoms with E-state index in [9.17, 15) is 10.1 Å². The van der Waals surface area contributed by atoms with Crippen molar-refractivity contribution in [1.29, 1.82) is 5.26 Å². The van der Waals surface area contributed by atoms with Crippen LogP contribution in [-0.2, 0) is 6.54 Å². The lowest BCUT2D eigenvalue weighted by Crippen LogP contribution is -2.26. The first kappa shape index (κ1) is 20.8. The average Bonchev–Trinajstić information content (AvgIpc) is 3.09. The zero-order chi connectivity index (χ0) is 22.0. The lowest BCUT2D eigenvalue weighted by Gasteiger charge is -2.14. The Labute approximate surface area is 189 Å². The number of benzene rings is 3. The molecule has 6 heteroatoms. The van der Waals surface area contributed by atoms with Crippen LogP contribution in [0.25, 0.3) is 10.9 Å². The van der Waals surface area contributed by atoms with Crippen LogP contribution in [-0.4, -0.2) is 15.7 Å². The number of aromatic nitrogens is 2. The van der Waals surface area contributed by atoms with Crippen molar-refractivity contribution in [3.63, 3.8) is 0 Å². The third-order valence-electron chi connectivity index (χ3n) is 5.37. The molecule has 0 aliphatic carbocycles. The van der Waals surface area contributed by atoms with Gasteiger partial charge in [0.05, 0.1) is 35.4 Å². The number of nitrogens with zero attached hydrogens (tertiary/aromatic N) is 3. The summed E-state index contributed by atoms with van der Waals surface area (Å²) in [6.07, 6.45) is 0. The van der Waals surface area contributed by atoms with Gasteiger partial charge in [0.1, 0.15) is 0 Å². The van der Waals surface area contributed by atoms with Gasteiger partial charge in [-0.25, -0.2) is 0 Å². The van der Waals surface area contributed by atoms with E-state index in [-0.39, 0.29) is 11.9 Å². The maximum atomic E-state index is 12.8. The van der Waals surface area contributed by atoms with Gasteiger partial charge in [-0.2, -0.15) is 10.4 Å². The number of halogens is 1. The van der Waals surface area contributed by atoms with Crippen molar-refractivity contribution in [1.82, 2.24) is 15.1 Å². The van der Waals surface area contributed by atoms with E-state index in [4.69, 9.17) is 0 Å². The molecular formula is C25H21BrN4O. The van der Waals surface area contributed by atoms with Crippen LogP contribution in [0.5, 0.6) is 0 Å². The third-order valence-corrected chi connectivity index (χ3v) is 5.90. The molecule has 4 aromatic rings. The number of rotatable bonds is 5. The van der Waals surface area contributed by atoms with Crippen LogP contribution < -0.4 is 5.32 Å². The number of nitrogens with one attached hydrogen (secondary N) is 1. The Morgan fingerprint density at radius 3 is 2.65 bits per heavy atom. The zero-order valence-corrected chi connectivity index (χ0v) is 18.8. The smallest absolute Gasteiger partial charge is 0.251 e. The Bertz CT molecular complexity index is 1300. The zero-order valence-electron chi connectivity index (χ0n) is 17.3. The van der Waals surface area contributed by atoms with Gasteiger partial charge in [0.2, 0.25) is 0 Å². The lowest BCUT2D eigenvalue weighted by atomic mass is 10.1. The fraction of sp³-hybridized carbons (Fsp3) is 0.160. The van der Waals surface area contributed by atoms with Crippen LogP contribution in [0.1, 0.15) is 45.7 Å². The normalized spacial score (nSPS) is 11.8. The molecule has 0 fully saturated rings. The highest BCUT2D eigenvalue weighted by molar-refractivity contribution is 9.10. The van der Waals surface area contributed by atoms with Gasteiger partial charge in [0.15, 0.2) is 0 Å². The number of hydrogen-bond donors (Lipinski definition) is 1. The number of carbonyl (C=O) groups is 1. The summed E-state index contributed by atoms with van der Waals surface area (Å²) in [5, 5.41) is 18.0. The molecule has 31 heavy (non-hydrogen) atoms. The first-order valence-electron chi connectivity index (χ1n) is 9.98. The molecule has 4 rings (SSSR count). The van der Waals surface area contributed by atoms with Crippen molar-refractivity contribution < 1.29 is 4.79 Å². The van der Waals surface area contributed by atoms with E-state index in [0.717, 1.165) is 32.2 Å². The quantitative estimate of drug-likeness (QED) is 0.415. The Morgan fingerprint density at radius 2 is 1.90 bits per heavy atom. The highest BCUT2D eigenvalue weighted by atomic mass is 79.9. The molecule has 3 aromatic carbocycles. The first-order valence-corrected chi connectivity index (χ1v) is 10.8. The molecular weight excluding hydrogens is 452 g/mol. The van der Waals surface area contributed by atoms with Gasteiger partial charge in [-0.3, -0.25) is 9.48 Å². The summed E-state index contributed by atoms with van der Waals surface area (Å²) < 4.78 is 2.89. The van der Waals surface area contributed by atoms with Gasteiger partial charge < -0.3 is 5.32 Å². The van der Waals surface area contributed by atoms with Crippen molar-refractivity contribution in [3.05, 3.63) is 99.2 Å². The number of nitriles is 1. The summed E-state index contributed by atoms with van der Waals surface area (Å²) in [4.78, 5) is 12.8. The minimum atomic E-state index is -0.126. The topological polar surface area (TPSA) is 70.7 Å². The predicted octanol–water partition coefficient (Wildman–Crippen LogP) is 5.52. The van der Waals surface area contributed by atoms with E-state index in [1.54, 1.807) is 0 Å². The van der Waals surface area contributed by atoms with Gasteiger partial charge in [0.25, 0.3) is 5.91 Å². The molecule has 0 saturated heterocycles. The van der Waals surface area contributed by atoms with Gasteiger partial charge in [-0.05, 0) is 61.4 Å². The van der Waals surface area contributed by atoms with Crippen molar-refractivity contribution in [2.45, 2.75) is 26.4 Å². The van der Waals surface area contributed by atoms with Crippen LogP contribution in [0, 0.1) is 18.3 Å². The maximum Gasteiger partial charge on any atom is 0.251 e. The monoisotopic (exact) mass is 472 g/mol. The SMILES string of the molecule is Cc1nn(Cc2ccccc2C#N)c2ccc(C(=O)NC(C)c3ccc(Br)cc3)cc12. The summed E-state index contributed by atoms with van der Waals surface area (Å²) in [5.41, 5.74) is 4.97. The first-order chi connectivity index (χ1) is 15.0. The Balaban J connectivity index is 1.58. The molecule has 0 aliphatic heterocycles. The fourth-order valence-corrected chi connectivity index (χ4v) is 3.91. The van der Waals surface area contributed by atoms with E-state index < -0.39 is 0 Å². The number of amides is 1. The fourth-order valence-electron chi connectivity index (χ4n) is 3.64. The van der Waals surface area contributed by atoms with E-state index >= 15 is 0 Å². The minimum absolute atomic E-state index is 0.109. The van der Waals surface area contributed by atoms with E-state index in [2.05, 4.69) is 32.4 Å². The molecule has 1 unspecified atom stereocenters. The molecule has 1 aromatic heterocycles. The molecule has 0 bridgehead atoms. The van der Waals surface area contributed by atoms with Gasteiger partial charge in [0, 0.05) is 15.4 Å². The maximum absolute atomic E-state index is 12.8. The van der Waals surface area contributed by atoms with Crippen LogP contribution in [0.2, 0.25) is 0 Å². The summed E-state index contributed by atoms with van der Waals surface area (Å²) in [7, 11) is 0. The molecule has 5 nitrogen and oxygen atoms in total.